The number of nitrogens with zero attached hydrogens (tertiary/aromatic N) is 3. The molecule has 10 heteroatoms. The second-order valence-corrected chi connectivity index (χ2v) is 11.4. The fourth-order valence-electron chi connectivity index (χ4n) is 4.41. The third kappa shape index (κ3) is 4.98. The molecule has 2 aromatic heterocycles. The topological polar surface area (TPSA) is 105 Å². The maximum atomic E-state index is 13.6. The lowest BCUT2D eigenvalue weighted by molar-refractivity contribution is -0.120. The molecule has 1 aliphatic rings. The summed E-state index contributed by atoms with van der Waals surface area (Å²) in [6.07, 6.45) is 6.34. The lowest BCUT2D eigenvalue weighted by Crippen LogP contribution is -2.43. The van der Waals surface area contributed by atoms with Gasteiger partial charge in [-0.15, -0.1) is 11.3 Å². The monoisotopic (exact) mass is 500 g/mol. The number of hydrogen-bond donors (Lipinski definition) is 1. The Morgan fingerprint density at radius 1 is 1.21 bits per heavy atom. The molecule has 1 atom stereocenters. The Kier molecular flexibility index (Phi) is 7.01. The zero-order valence-electron chi connectivity index (χ0n) is 19.7. The summed E-state index contributed by atoms with van der Waals surface area (Å²) >= 11 is 1.33. The number of carbonyl (C=O) groups excluding carboxylic acids is 1. The number of sulfonamides is 1. The van der Waals surface area contributed by atoms with Crippen LogP contribution in [0.1, 0.15) is 46.5 Å². The molecule has 1 amide bonds. The quantitative estimate of drug-likeness (QED) is 0.531. The molecule has 0 bridgehead atoms. The third-order valence-electron chi connectivity index (χ3n) is 5.99. The summed E-state index contributed by atoms with van der Waals surface area (Å²) in [5.41, 5.74) is 4.68. The maximum absolute atomic E-state index is 13.6. The molecule has 8 nitrogen and oxygen atoms in total. The maximum Gasteiger partial charge on any atom is 0.248 e. The van der Waals surface area contributed by atoms with Crippen LogP contribution in [0.25, 0.3) is 12.2 Å². The smallest absolute Gasteiger partial charge is 0.248 e. The molecule has 180 valence electrons. The van der Waals surface area contributed by atoms with E-state index in [0.717, 1.165) is 16.7 Å². The van der Waals surface area contributed by atoms with E-state index in [9.17, 15) is 13.2 Å². The standard InChI is InChI=1S/C24H28N4O4S2/c1-15-12-16(2)20(17(3)13-15)7-8-21-22(18(4)27-32-21)34(30,31)28-10-5-6-19(14-28)23(29)26-24-25-9-11-33-24/h7-9,11-13,19H,5-6,10,14H2,1-4H3,(H,25,26,29)/b8-7+/t19-/m0/s1. The number of nitrogens with one attached hydrogen (secondary N) is 1. The van der Waals surface area contributed by atoms with Crippen LogP contribution >= 0.6 is 11.3 Å². The molecule has 3 heterocycles. The van der Waals surface area contributed by atoms with Crippen LogP contribution in [-0.2, 0) is 14.8 Å². The molecule has 0 radical (unpaired) electrons. The number of anilines is 1. The Morgan fingerprint density at radius 2 is 1.94 bits per heavy atom. The van der Waals surface area contributed by atoms with E-state index in [1.807, 2.05) is 26.8 Å². The summed E-state index contributed by atoms with van der Waals surface area (Å²) in [5.74, 6) is -0.488. The molecule has 0 spiro atoms. The van der Waals surface area contributed by atoms with Crippen molar-refractivity contribution in [2.45, 2.75) is 45.4 Å². The molecule has 1 aromatic carbocycles. The molecular formula is C24H28N4O4S2. The minimum Gasteiger partial charge on any atom is -0.355 e. The number of aryl methyl sites for hydroxylation is 4. The minimum atomic E-state index is -3.91. The van der Waals surface area contributed by atoms with Crippen molar-refractivity contribution in [1.82, 2.24) is 14.4 Å². The lowest BCUT2D eigenvalue weighted by Gasteiger charge is -2.30. The highest BCUT2D eigenvalue weighted by atomic mass is 32.2. The summed E-state index contributed by atoms with van der Waals surface area (Å²) < 4.78 is 34.0. The SMILES string of the molecule is Cc1cc(C)c(/C=C/c2onc(C)c2S(=O)(=O)N2CCC[C@H](C(=O)Nc3nccs3)C2)c(C)c1. The highest BCUT2D eigenvalue weighted by molar-refractivity contribution is 7.89. The van der Waals surface area contributed by atoms with E-state index in [1.54, 1.807) is 24.6 Å². The number of carbonyl (C=O) groups is 1. The van der Waals surface area contributed by atoms with Crippen molar-refractivity contribution in [3.05, 3.63) is 57.4 Å². The van der Waals surface area contributed by atoms with Crippen LogP contribution < -0.4 is 5.32 Å². The number of amides is 1. The molecular weight excluding hydrogens is 472 g/mol. The van der Waals surface area contributed by atoms with Crippen molar-refractivity contribution in [2.24, 2.45) is 5.92 Å². The van der Waals surface area contributed by atoms with Gasteiger partial charge in [0.1, 0.15) is 5.69 Å². The molecule has 34 heavy (non-hydrogen) atoms. The highest BCUT2D eigenvalue weighted by Gasteiger charge is 2.37. The van der Waals surface area contributed by atoms with E-state index in [0.29, 0.717) is 30.2 Å². The number of piperidine rings is 1. The van der Waals surface area contributed by atoms with Crippen LogP contribution in [0.15, 0.2) is 33.1 Å². The fourth-order valence-corrected chi connectivity index (χ4v) is 6.71. The first-order valence-electron chi connectivity index (χ1n) is 11.1. The van der Waals surface area contributed by atoms with Crippen molar-refractivity contribution in [1.29, 1.82) is 0 Å². The van der Waals surface area contributed by atoms with Gasteiger partial charge in [-0.25, -0.2) is 13.4 Å². The first-order chi connectivity index (χ1) is 16.2. The van der Waals surface area contributed by atoms with Gasteiger partial charge in [0.2, 0.25) is 15.9 Å². The van der Waals surface area contributed by atoms with Gasteiger partial charge in [0.15, 0.2) is 15.8 Å². The van der Waals surface area contributed by atoms with Gasteiger partial charge in [-0.1, -0.05) is 28.9 Å². The molecule has 1 saturated heterocycles. The molecule has 1 N–H and O–H groups in total. The fraction of sp³-hybridized carbons (Fsp3) is 0.375. The van der Waals surface area contributed by atoms with Gasteiger partial charge in [-0.3, -0.25) is 4.79 Å². The van der Waals surface area contributed by atoms with Gasteiger partial charge in [0.25, 0.3) is 0 Å². The molecule has 4 rings (SSSR count). The summed E-state index contributed by atoms with van der Waals surface area (Å²) in [4.78, 5) is 16.8. The average molecular weight is 501 g/mol. The van der Waals surface area contributed by atoms with Crippen LogP contribution in [0.5, 0.6) is 0 Å². The Morgan fingerprint density at radius 3 is 2.62 bits per heavy atom. The number of aromatic nitrogens is 2. The first-order valence-corrected chi connectivity index (χ1v) is 13.4. The summed E-state index contributed by atoms with van der Waals surface area (Å²) in [6.45, 7) is 8.14. The predicted octanol–water partition coefficient (Wildman–Crippen LogP) is 4.57. The van der Waals surface area contributed by atoms with E-state index < -0.39 is 15.9 Å². The molecule has 3 aromatic rings. The van der Waals surface area contributed by atoms with Crippen molar-refractivity contribution < 1.29 is 17.7 Å². The normalized spacial score (nSPS) is 17.4. The van der Waals surface area contributed by atoms with Gasteiger partial charge in [-0.2, -0.15) is 4.31 Å². The van der Waals surface area contributed by atoms with Crippen molar-refractivity contribution in [3.8, 4) is 0 Å². The van der Waals surface area contributed by atoms with Crippen molar-refractivity contribution in [3.63, 3.8) is 0 Å². The van der Waals surface area contributed by atoms with Crippen LogP contribution in [0.4, 0.5) is 5.13 Å². The number of rotatable bonds is 6. The van der Waals surface area contributed by atoms with E-state index in [2.05, 4.69) is 27.6 Å². The first kappa shape index (κ1) is 24.3. The van der Waals surface area contributed by atoms with E-state index in [1.165, 1.54) is 21.2 Å². The Bertz CT molecular complexity index is 1300. The van der Waals surface area contributed by atoms with Crippen LogP contribution in [0, 0.1) is 33.6 Å². The minimum absolute atomic E-state index is 0.0483. The van der Waals surface area contributed by atoms with Gasteiger partial charge in [-0.05, 0) is 63.3 Å². The van der Waals surface area contributed by atoms with Crippen molar-refractivity contribution in [2.75, 3.05) is 18.4 Å². The van der Waals surface area contributed by atoms with E-state index >= 15 is 0 Å². The van der Waals surface area contributed by atoms with Gasteiger partial charge in [0, 0.05) is 24.7 Å². The van der Waals surface area contributed by atoms with Crippen molar-refractivity contribution >= 4 is 44.6 Å². The number of hydrogen-bond acceptors (Lipinski definition) is 7. The number of benzene rings is 1. The van der Waals surface area contributed by atoms with E-state index in [-0.39, 0.29) is 23.1 Å². The summed E-state index contributed by atoms with van der Waals surface area (Å²) in [6, 6.07) is 4.17. The molecule has 1 aliphatic heterocycles. The van der Waals surface area contributed by atoms with Crippen LogP contribution in [0.3, 0.4) is 0 Å². The average Bonchev–Trinajstić information content (AvgIpc) is 3.42. The predicted molar refractivity (Wildman–Crippen MR) is 133 cm³/mol. The molecule has 0 unspecified atom stereocenters. The van der Waals surface area contributed by atoms with Gasteiger partial charge in [0.05, 0.1) is 5.92 Å². The molecule has 0 saturated carbocycles. The summed E-state index contributed by atoms with van der Waals surface area (Å²) in [7, 11) is -3.91. The Balaban J connectivity index is 1.58. The molecule has 1 fully saturated rings. The van der Waals surface area contributed by atoms with Gasteiger partial charge < -0.3 is 9.84 Å². The Labute approximate surface area is 203 Å². The zero-order chi connectivity index (χ0) is 24.5. The second kappa shape index (κ2) is 9.81. The second-order valence-electron chi connectivity index (χ2n) is 8.64. The van der Waals surface area contributed by atoms with Gasteiger partial charge >= 0.3 is 0 Å². The Hall–Kier alpha value is -2.82. The highest BCUT2D eigenvalue weighted by Crippen LogP contribution is 2.30. The van der Waals surface area contributed by atoms with Crippen LogP contribution in [-0.4, -0.2) is 41.9 Å². The third-order valence-corrected chi connectivity index (χ3v) is 8.70. The largest absolute Gasteiger partial charge is 0.355 e. The number of thiazole rings is 1. The van der Waals surface area contributed by atoms with E-state index in [4.69, 9.17) is 4.52 Å². The zero-order valence-corrected chi connectivity index (χ0v) is 21.3. The van der Waals surface area contributed by atoms with Crippen LogP contribution in [0.2, 0.25) is 0 Å². The summed E-state index contributed by atoms with van der Waals surface area (Å²) in [5, 5.41) is 9.00. The lowest BCUT2D eigenvalue weighted by atomic mass is 9.99. The molecule has 0 aliphatic carbocycles.